The number of hydrogen-bond donors (Lipinski definition) is 1. The van der Waals surface area contributed by atoms with Gasteiger partial charge in [-0.2, -0.15) is 0 Å². The molecule has 2 atom stereocenters. The minimum atomic E-state index is -0.00350. The molecule has 0 aliphatic carbocycles. The average Bonchev–Trinajstić information content (AvgIpc) is 2.76. The molecule has 0 aromatic heterocycles. The molecule has 156 valence electrons. The Morgan fingerprint density at radius 1 is 1.10 bits per heavy atom. The van der Waals surface area contributed by atoms with Gasteiger partial charge in [0, 0.05) is 25.7 Å². The summed E-state index contributed by atoms with van der Waals surface area (Å²) in [6.07, 6.45) is 4.58. The molecule has 0 saturated carbocycles. The number of benzene rings is 2. The van der Waals surface area contributed by atoms with Crippen molar-refractivity contribution in [1.82, 2.24) is 10.2 Å². The van der Waals surface area contributed by atoms with E-state index >= 15 is 0 Å². The summed E-state index contributed by atoms with van der Waals surface area (Å²) < 4.78 is 12.2. The van der Waals surface area contributed by atoms with Crippen LogP contribution in [-0.2, 0) is 11.3 Å². The van der Waals surface area contributed by atoms with Gasteiger partial charge in [-0.3, -0.25) is 4.90 Å². The number of ether oxygens (including phenoxy) is 2. The third kappa shape index (κ3) is 5.00. The number of hydrogen-bond acceptors (Lipinski definition) is 4. The lowest BCUT2D eigenvalue weighted by atomic mass is 9.79. The van der Waals surface area contributed by atoms with E-state index in [2.05, 4.69) is 65.7 Å². The maximum Gasteiger partial charge on any atom is 0.119 e. The number of likely N-dealkylation sites (tertiary alicyclic amines) is 1. The highest BCUT2D eigenvalue weighted by Gasteiger charge is 2.43. The molecule has 0 unspecified atom stereocenters. The zero-order chi connectivity index (χ0) is 20.1. The fraction of sp³-hybridized carbons (Fsp3) is 0.520. The summed E-state index contributed by atoms with van der Waals surface area (Å²) in [6, 6.07) is 19.7. The first-order valence-electron chi connectivity index (χ1n) is 11.0. The monoisotopic (exact) mass is 394 g/mol. The average molecular weight is 395 g/mol. The topological polar surface area (TPSA) is 33.7 Å². The normalized spacial score (nSPS) is 24.5. The summed E-state index contributed by atoms with van der Waals surface area (Å²) in [5.74, 6) is 0.936. The lowest BCUT2D eigenvalue weighted by Gasteiger charge is -2.49. The van der Waals surface area contributed by atoms with Gasteiger partial charge in [-0.1, -0.05) is 49.4 Å². The second-order valence-corrected chi connectivity index (χ2v) is 8.52. The maximum absolute atomic E-state index is 6.83. The van der Waals surface area contributed by atoms with Crippen LogP contribution in [0.5, 0.6) is 5.75 Å². The van der Waals surface area contributed by atoms with Gasteiger partial charge >= 0.3 is 0 Å². The van der Waals surface area contributed by atoms with E-state index in [1.807, 2.05) is 6.07 Å². The predicted octanol–water partition coefficient (Wildman–Crippen LogP) is 4.56. The summed E-state index contributed by atoms with van der Waals surface area (Å²) >= 11 is 0. The molecule has 0 bridgehead atoms. The summed E-state index contributed by atoms with van der Waals surface area (Å²) in [4.78, 5) is 2.55. The number of nitrogens with zero attached hydrogens (tertiary/aromatic N) is 1. The number of rotatable bonds is 6. The Kier molecular flexibility index (Phi) is 6.53. The van der Waals surface area contributed by atoms with Crippen LogP contribution in [0.1, 0.15) is 49.8 Å². The molecular formula is C25H34N2O2. The van der Waals surface area contributed by atoms with Gasteiger partial charge in [0.15, 0.2) is 0 Å². The Balaban J connectivity index is 1.42. The molecule has 2 aliphatic rings. The first kappa shape index (κ1) is 20.4. The van der Waals surface area contributed by atoms with Crippen LogP contribution in [0.4, 0.5) is 0 Å². The quantitative estimate of drug-likeness (QED) is 0.779. The largest absolute Gasteiger partial charge is 0.497 e. The third-order valence-corrected chi connectivity index (χ3v) is 6.48. The van der Waals surface area contributed by atoms with Gasteiger partial charge < -0.3 is 14.8 Å². The summed E-state index contributed by atoms with van der Waals surface area (Å²) in [5.41, 5.74) is 2.63. The Morgan fingerprint density at radius 3 is 2.62 bits per heavy atom. The van der Waals surface area contributed by atoms with Crippen LogP contribution in [-0.4, -0.2) is 43.3 Å². The highest BCUT2D eigenvalue weighted by Crippen LogP contribution is 2.43. The van der Waals surface area contributed by atoms with Crippen LogP contribution in [0.15, 0.2) is 54.6 Å². The zero-order valence-electron chi connectivity index (χ0n) is 17.8. The van der Waals surface area contributed by atoms with E-state index in [-0.39, 0.29) is 11.7 Å². The van der Waals surface area contributed by atoms with Gasteiger partial charge in [-0.05, 0) is 55.5 Å². The molecule has 1 spiro atoms. The molecular weight excluding hydrogens is 360 g/mol. The third-order valence-electron chi connectivity index (χ3n) is 6.48. The lowest BCUT2D eigenvalue weighted by Crippen LogP contribution is -2.53. The van der Waals surface area contributed by atoms with Crippen LogP contribution in [0.3, 0.4) is 0 Å². The van der Waals surface area contributed by atoms with Gasteiger partial charge in [0.05, 0.1) is 18.8 Å². The number of nitrogens with one attached hydrogen (secondary N) is 1. The van der Waals surface area contributed by atoms with E-state index in [1.165, 1.54) is 11.1 Å². The zero-order valence-corrected chi connectivity index (χ0v) is 17.8. The summed E-state index contributed by atoms with van der Waals surface area (Å²) in [7, 11) is 1.73. The summed E-state index contributed by atoms with van der Waals surface area (Å²) in [6.45, 7) is 6.36. The smallest absolute Gasteiger partial charge is 0.119 e. The molecule has 2 saturated heterocycles. The van der Waals surface area contributed by atoms with Gasteiger partial charge in [0.1, 0.15) is 5.75 Å². The fourth-order valence-corrected chi connectivity index (χ4v) is 4.97. The van der Waals surface area contributed by atoms with E-state index in [0.29, 0.717) is 6.04 Å². The van der Waals surface area contributed by atoms with Crippen molar-refractivity contribution in [3.8, 4) is 5.75 Å². The highest BCUT2D eigenvalue weighted by atomic mass is 16.5. The summed E-state index contributed by atoms with van der Waals surface area (Å²) in [5, 5.41) is 3.71. The van der Waals surface area contributed by atoms with Gasteiger partial charge in [0.2, 0.25) is 0 Å². The minimum Gasteiger partial charge on any atom is -0.497 e. The highest BCUT2D eigenvalue weighted by molar-refractivity contribution is 5.28. The van der Waals surface area contributed by atoms with Crippen LogP contribution in [0, 0.1) is 0 Å². The van der Waals surface area contributed by atoms with Crippen molar-refractivity contribution >= 4 is 0 Å². The molecule has 2 aromatic carbocycles. The van der Waals surface area contributed by atoms with E-state index < -0.39 is 0 Å². The molecule has 2 aliphatic heterocycles. The molecule has 4 heteroatoms. The number of piperidine rings is 1. The van der Waals surface area contributed by atoms with Crippen LogP contribution < -0.4 is 10.1 Å². The van der Waals surface area contributed by atoms with Crippen LogP contribution >= 0.6 is 0 Å². The fourth-order valence-electron chi connectivity index (χ4n) is 4.97. The Labute approximate surface area is 175 Å². The molecule has 0 radical (unpaired) electrons. The molecule has 1 N–H and O–H groups in total. The van der Waals surface area contributed by atoms with Crippen molar-refractivity contribution in [2.75, 3.05) is 26.7 Å². The predicted molar refractivity (Wildman–Crippen MR) is 117 cm³/mol. The van der Waals surface area contributed by atoms with Crippen LogP contribution in [0.2, 0.25) is 0 Å². The van der Waals surface area contributed by atoms with Crippen molar-refractivity contribution < 1.29 is 9.47 Å². The maximum atomic E-state index is 6.83. The van der Waals surface area contributed by atoms with Gasteiger partial charge in [0.25, 0.3) is 0 Å². The van der Waals surface area contributed by atoms with E-state index in [1.54, 1.807) is 7.11 Å². The number of methoxy groups -OCH3 is 1. The SMILES string of the molecule is CCN[C@H]1C[C@@H](c2ccccc2)OC2(CCN(Cc3cccc(OC)c3)CC2)C1. The first-order chi connectivity index (χ1) is 14.2. The van der Waals surface area contributed by atoms with Crippen molar-refractivity contribution in [3.63, 3.8) is 0 Å². The molecule has 29 heavy (non-hydrogen) atoms. The Hall–Kier alpha value is -1.88. The molecule has 0 amide bonds. The van der Waals surface area contributed by atoms with Gasteiger partial charge in [-0.25, -0.2) is 0 Å². The molecule has 4 nitrogen and oxygen atoms in total. The van der Waals surface area contributed by atoms with Crippen molar-refractivity contribution in [3.05, 3.63) is 65.7 Å². The molecule has 2 fully saturated rings. The minimum absolute atomic E-state index is 0.00350. The standard InChI is InChI=1S/C25H34N2O2/c1-3-26-22-17-24(21-9-5-4-6-10-21)29-25(18-22)12-14-27(15-13-25)19-20-8-7-11-23(16-20)28-2/h4-11,16,22,24,26H,3,12-15,17-19H2,1-2H3/t22-,24-/m0/s1. The lowest BCUT2D eigenvalue weighted by molar-refractivity contribution is -0.164. The Morgan fingerprint density at radius 2 is 1.90 bits per heavy atom. The second kappa shape index (κ2) is 9.29. The van der Waals surface area contributed by atoms with Crippen molar-refractivity contribution in [1.29, 1.82) is 0 Å². The first-order valence-corrected chi connectivity index (χ1v) is 11.0. The Bertz CT molecular complexity index is 771. The molecule has 2 aromatic rings. The van der Waals surface area contributed by atoms with Crippen molar-refractivity contribution in [2.24, 2.45) is 0 Å². The van der Waals surface area contributed by atoms with E-state index in [9.17, 15) is 0 Å². The van der Waals surface area contributed by atoms with E-state index in [4.69, 9.17) is 9.47 Å². The molecule has 4 rings (SSSR count). The molecule has 2 heterocycles. The van der Waals surface area contributed by atoms with Crippen LogP contribution in [0.25, 0.3) is 0 Å². The second-order valence-electron chi connectivity index (χ2n) is 8.52. The van der Waals surface area contributed by atoms with Gasteiger partial charge in [-0.15, -0.1) is 0 Å². The van der Waals surface area contributed by atoms with Crippen molar-refractivity contribution in [2.45, 2.75) is 56.9 Å². The van der Waals surface area contributed by atoms with E-state index in [0.717, 1.165) is 57.6 Å².